The first-order chi connectivity index (χ1) is 9.06. The van der Waals surface area contributed by atoms with E-state index in [2.05, 4.69) is 6.92 Å². The van der Waals surface area contributed by atoms with E-state index >= 15 is 0 Å². The molecule has 2 rings (SSSR count). The van der Waals surface area contributed by atoms with Crippen molar-refractivity contribution in [3.8, 4) is 0 Å². The highest BCUT2D eigenvalue weighted by Gasteiger charge is 2.29. The number of nitrogens with zero attached hydrogens (tertiary/aromatic N) is 1. The Morgan fingerprint density at radius 1 is 1.32 bits per heavy atom. The van der Waals surface area contributed by atoms with Crippen LogP contribution in [-0.2, 0) is 14.3 Å². The molecule has 19 heavy (non-hydrogen) atoms. The standard InChI is InChI=1S/C14H23NO4/c1-10-4-5-12(19-10)6-7-13(16)15-8-2-3-11(9-15)14(17)18/h10-12H,2-9H2,1H3,(H,17,18). The molecule has 1 N–H and O–H groups in total. The van der Waals surface area contributed by atoms with Crippen molar-refractivity contribution in [1.82, 2.24) is 4.90 Å². The number of amides is 1. The second kappa shape index (κ2) is 6.37. The molecule has 0 radical (unpaired) electrons. The number of ether oxygens (including phenoxy) is 1. The maximum Gasteiger partial charge on any atom is 0.308 e. The van der Waals surface area contributed by atoms with Gasteiger partial charge in [0, 0.05) is 19.5 Å². The summed E-state index contributed by atoms with van der Waals surface area (Å²) in [6.45, 7) is 3.13. The first kappa shape index (κ1) is 14.3. The van der Waals surface area contributed by atoms with Crippen LogP contribution < -0.4 is 0 Å². The summed E-state index contributed by atoms with van der Waals surface area (Å²) in [6.07, 6.45) is 5.34. The fraction of sp³-hybridized carbons (Fsp3) is 0.857. The molecule has 0 spiro atoms. The molecule has 2 aliphatic rings. The van der Waals surface area contributed by atoms with Crippen molar-refractivity contribution >= 4 is 11.9 Å². The topological polar surface area (TPSA) is 66.8 Å². The average molecular weight is 269 g/mol. The van der Waals surface area contributed by atoms with E-state index in [1.165, 1.54) is 0 Å². The zero-order chi connectivity index (χ0) is 13.8. The molecule has 0 aromatic rings. The maximum absolute atomic E-state index is 12.1. The van der Waals surface area contributed by atoms with Crippen molar-refractivity contribution in [2.75, 3.05) is 13.1 Å². The zero-order valence-electron chi connectivity index (χ0n) is 11.5. The van der Waals surface area contributed by atoms with Gasteiger partial charge in [-0.3, -0.25) is 9.59 Å². The second-order valence-corrected chi connectivity index (χ2v) is 5.70. The molecule has 0 bridgehead atoms. The van der Waals surface area contributed by atoms with Gasteiger partial charge in [-0.05, 0) is 39.0 Å². The highest BCUT2D eigenvalue weighted by atomic mass is 16.5. The predicted octanol–water partition coefficient (Wildman–Crippen LogP) is 1.66. The van der Waals surface area contributed by atoms with Crippen LogP contribution in [0, 0.1) is 5.92 Å². The van der Waals surface area contributed by atoms with Gasteiger partial charge in [-0.2, -0.15) is 0 Å². The van der Waals surface area contributed by atoms with Crippen LogP contribution in [0.4, 0.5) is 0 Å². The van der Waals surface area contributed by atoms with Crippen molar-refractivity contribution in [1.29, 1.82) is 0 Å². The minimum Gasteiger partial charge on any atom is -0.481 e. The highest BCUT2D eigenvalue weighted by molar-refractivity contribution is 5.78. The van der Waals surface area contributed by atoms with E-state index in [1.807, 2.05) is 0 Å². The predicted molar refractivity (Wildman–Crippen MR) is 69.7 cm³/mol. The first-order valence-corrected chi connectivity index (χ1v) is 7.22. The Morgan fingerprint density at radius 3 is 2.74 bits per heavy atom. The summed E-state index contributed by atoms with van der Waals surface area (Å²) in [5, 5.41) is 9.01. The molecule has 5 nitrogen and oxygen atoms in total. The molecule has 0 aromatic carbocycles. The Kier molecular flexibility index (Phi) is 4.80. The third-order valence-electron chi connectivity index (χ3n) is 4.12. The largest absolute Gasteiger partial charge is 0.481 e. The van der Waals surface area contributed by atoms with Crippen LogP contribution in [0.25, 0.3) is 0 Å². The Balaban J connectivity index is 1.74. The molecule has 2 saturated heterocycles. The quantitative estimate of drug-likeness (QED) is 0.843. The lowest BCUT2D eigenvalue weighted by atomic mass is 9.98. The summed E-state index contributed by atoms with van der Waals surface area (Å²) in [5.41, 5.74) is 0. The van der Waals surface area contributed by atoms with Gasteiger partial charge in [0.1, 0.15) is 0 Å². The minimum absolute atomic E-state index is 0.0779. The summed E-state index contributed by atoms with van der Waals surface area (Å²) in [4.78, 5) is 24.8. The van der Waals surface area contributed by atoms with E-state index in [0.717, 1.165) is 25.7 Å². The summed E-state index contributed by atoms with van der Waals surface area (Å²) in [5.74, 6) is -1.10. The summed E-state index contributed by atoms with van der Waals surface area (Å²) < 4.78 is 5.69. The number of carboxylic acids is 1. The number of aliphatic carboxylic acids is 1. The molecule has 108 valence electrons. The highest BCUT2D eigenvalue weighted by Crippen LogP contribution is 2.24. The average Bonchev–Trinajstić information content (AvgIpc) is 2.82. The number of rotatable bonds is 4. The molecule has 1 amide bonds. The molecule has 3 atom stereocenters. The lowest BCUT2D eigenvalue weighted by molar-refractivity contribution is -0.145. The smallest absolute Gasteiger partial charge is 0.308 e. The second-order valence-electron chi connectivity index (χ2n) is 5.70. The van der Waals surface area contributed by atoms with Crippen LogP contribution in [0.2, 0.25) is 0 Å². The molecular weight excluding hydrogens is 246 g/mol. The molecule has 5 heteroatoms. The molecule has 2 aliphatic heterocycles. The molecule has 0 saturated carbocycles. The van der Waals surface area contributed by atoms with Gasteiger partial charge in [0.15, 0.2) is 0 Å². The number of carboxylic acid groups (broad SMARTS) is 1. The van der Waals surface area contributed by atoms with Crippen LogP contribution >= 0.6 is 0 Å². The minimum atomic E-state index is -0.787. The van der Waals surface area contributed by atoms with E-state index in [-0.39, 0.29) is 17.9 Å². The van der Waals surface area contributed by atoms with Crippen molar-refractivity contribution < 1.29 is 19.4 Å². The summed E-state index contributed by atoms with van der Waals surface area (Å²) >= 11 is 0. The lowest BCUT2D eigenvalue weighted by Gasteiger charge is -2.31. The van der Waals surface area contributed by atoms with E-state index in [9.17, 15) is 9.59 Å². The SMILES string of the molecule is CC1CCC(CCC(=O)N2CCCC(C(=O)O)C2)O1. The molecule has 2 fully saturated rings. The normalized spacial score (nSPS) is 31.4. The van der Waals surface area contributed by atoms with E-state index < -0.39 is 5.97 Å². The fourth-order valence-electron chi connectivity index (χ4n) is 2.95. The third kappa shape index (κ3) is 3.93. The molecule has 0 aliphatic carbocycles. The Labute approximate surface area is 113 Å². The van der Waals surface area contributed by atoms with Crippen LogP contribution in [-0.4, -0.2) is 47.2 Å². The molecule has 0 aromatic heterocycles. The molecule has 3 unspecified atom stereocenters. The number of hydrogen-bond donors (Lipinski definition) is 1. The van der Waals surface area contributed by atoms with Gasteiger partial charge in [0.05, 0.1) is 18.1 Å². The van der Waals surface area contributed by atoms with Gasteiger partial charge in [0.2, 0.25) is 5.91 Å². The van der Waals surface area contributed by atoms with E-state index in [0.29, 0.717) is 32.0 Å². The zero-order valence-corrected chi connectivity index (χ0v) is 11.5. The van der Waals surface area contributed by atoms with Gasteiger partial charge in [-0.15, -0.1) is 0 Å². The summed E-state index contributed by atoms with van der Waals surface area (Å²) in [7, 11) is 0. The van der Waals surface area contributed by atoms with E-state index in [1.54, 1.807) is 4.90 Å². The monoisotopic (exact) mass is 269 g/mol. The van der Waals surface area contributed by atoms with Crippen LogP contribution in [0.5, 0.6) is 0 Å². The number of likely N-dealkylation sites (tertiary alicyclic amines) is 1. The maximum atomic E-state index is 12.1. The summed E-state index contributed by atoms with van der Waals surface area (Å²) in [6, 6.07) is 0. The Bertz CT molecular complexity index is 344. The van der Waals surface area contributed by atoms with E-state index in [4.69, 9.17) is 9.84 Å². The van der Waals surface area contributed by atoms with Gasteiger partial charge >= 0.3 is 5.97 Å². The fourth-order valence-corrected chi connectivity index (χ4v) is 2.95. The van der Waals surface area contributed by atoms with Crippen molar-refractivity contribution in [3.05, 3.63) is 0 Å². The van der Waals surface area contributed by atoms with Gasteiger partial charge < -0.3 is 14.7 Å². The van der Waals surface area contributed by atoms with Gasteiger partial charge in [-0.25, -0.2) is 0 Å². The molecular formula is C14H23NO4. The van der Waals surface area contributed by atoms with Crippen molar-refractivity contribution in [2.45, 2.75) is 57.7 Å². The first-order valence-electron chi connectivity index (χ1n) is 7.22. The van der Waals surface area contributed by atoms with Crippen molar-refractivity contribution in [3.63, 3.8) is 0 Å². The lowest BCUT2D eigenvalue weighted by Crippen LogP contribution is -2.42. The number of hydrogen-bond acceptors (Lipinski definition) is 3. The van der Waals surface area contributed by atoms with Crippen LogP contribution in [0.1, 0.15) is 45.4 Å². The Hall–Kier alpha value is -1.10. The number of carbonyl (C=O) groups is 2. The number of carbonyl (C=O) groups excluding carboxylic acids is 1. The van der Waals surface area contributed by atoms with Crippen molar-refractivity contribution in [2.24, 2.45) is 5.92 Å². The van der Waals surface area contributed by atoms with Crippen LogP contribution in [0.3, 0.4) is 0 Å². The van der Waals surface area contributed by atoms with Crippen LogP contribution in [0.15, 0.2) is 0 Å². The third-order valence-corrected chi connectivity index (χ3v) is 4.12. The Morgan fingerprint density at radius 2 is 2.11 bits per heavy atom. The molecule has 2 heterocycles. The van der Waals surface area contributed by atoms with Gasteiger partial charge in [0.25, 0.3) is 0 Å². The van der Waals surface area contributed by atoms with Gasteiger partial charge in [-0.1, -0.05) is 0 Å². The number of piperidine rings is 1.